The number of fused-ring (bicyclic) bond motifs is 1. The lowest BCUT2D eigenvalue weighted by molar-refractivity contribution is 0.0787. The van der Waals surface area contributed by atoms with Crippen molar-refractivity contribution in [1.29, 1.82) is 0 Å². The first-order valence-electron chi connectivity index (χ1n) is 6.21. The van der Waals surface area contributed by atoms with E-state index in [9.17, 15) is 4.39 Å². The molecule has 1 aliphatic heterocycles. The molecule has 18 heavy (non-hydrogen) atoms. The van der Waals surface area contributed by atoms with Crippen LogP contribution in [-0.2, 0) is 4.74 Å². The Kier molecular flexibility index (Phi) is 3.11. The highest BCUT2D eigenvalue weighted by Gasteiger charge is 2.10. The molecule has 2 aromatic rings. The van der Waals surface area contributed by atoms with E-state index < -0.39 is 0 Å². The Labute approximate surface area is 105 Å². The van der Waals surface area contributed by atoms with E-state index in [0.717, 1.165) is 42.8 Å². The van der Waals surface area contributed by atoms with Crippen LogP contribution < -0.4 is 0 Å². The summed E-state index contributed by atoms with van der Waals surface area (Å²) in [4.78, 5) is 7.18. The molecule has 0 amide bonds. The van der Waals surface area contributed by atoms with Crippen LogP contribution in [0.4, 0.5) is 4.39 Å². The lowest BCUT2D eigenvalue weighted by atomic mass is 10.00. The van der Waals surface area contributed by atoms with Gasteiger partial charge in [0.15, 0.2) is 0 Å². The average Bonchev–Trinajstić information content (AvgIpc) is 2.79. The standard InChI is InChI=1S/C14H15FN2O/c15-12-7-11-8-13(17-14(11)16-9-12)2-1-10-3-5-18-6-4-10/h1-2,7-10H,3-6H2,(H,16,17). The molecule has 4 heteroatoms. The van der Waals surface area contributed by atoms with Crippen LogP contribution in [0.1, 0.15) is 18.5 Å². The zero-order chi connectivity index (χ0) is 12.4. The highest BCUT2D eigenvalue weighted by Crippen LogP contribution is 2.19. The first-order valence-corrected chi connectivity index (χ1v) is 6.21. The van der Waals surface area contributed by atoms with Crippen LogP contribution in [-0.4, -0.2) is 23.2 Å². The van der Waals surface area contributed by atoms with Gasteiger partial charge in [0, 0.05) is 24.3 Å². The van der Waals surface area contributed by atoms with Crippen molar-refractivity contribution >= 4 is 17.1 Å². The Bertz CT molecular complexity index is 570. The number of rotatable bonds is 2. The molecule has 2 aromatic heterocycles. The van der Waals surface area contributed by atoms with Crippen molar-refractivity contribution in [3.63, 3.8) is 0 Å². The molecule has 3 heterocycles. The molecule has 1 N–H and O–H groups in total. The second kappa shape index (κ2) is 4.90. The van der Waals surface area contributed by atoms with Gasteiger partial charge in [-0.25, -0.2) is 9.37 Å². The molecule has 1 aliphatic rings. The predicted molar refractivity (Wildman–Crippen MR) is 68.6 cm³/mol. The Morgan fingerprint density at radius 2 is 2.17 bits per heavy atom. The number of allylic oxidation sites excluding steroid dienone is 1. The Balaban J connectivity index is 1.79. The highest BCUT2D eigenvalue weighted by molar-refractivity contribution is 5.79. The van der Waals surface area contributed by atoms with Crippen LogP contribution in [0.5, 0.6) is 0 Å². The van der Waals surface area contributed by atoms with Crippen molar-refractivity contribution in [2.24, 2.45) is 5.92 Å². The van der Waals surface area contributed by atoms with Crippen molar-refractivity contribution in [3.8, 4) is 0 Å². The summed E-state index contributed by atoms with van der Waals surface area (Å²) in [5, 5.41) is 0.807. The molecule has 0 bridgehead atoms. The number of hydrogen-bond acceptors (Lipinski definition) is 2. The van der Waals surface area contributed by atoms with E-state index in [1.165, 1.54) is 12.3 Å². The van der Waals surface area contributed by atoms with Gasteiger partial charge in [0.05, 0.1) is 6.20 Å². The van der Waals surface area contributed by atoms with Gasteiger partial charge in [0.1, 0.15) is 11.5 Å². The number of ether oxygens (including phenoxy) is 1. The smallest absolute Gasteiger partial charge is 0.142 e. The predicted octanol–water partition coefficient (Wildman–Crippen LogP) is 3.14. The summed E-state index contributed by atoms with van der Waals surface area (Å²) >= 11 is 0. The minimum Gasteiger partial charge on any atom is -0.381 e. The summed E-state index contributed by atoms with van der Waals surface area (Å²) in [7, 11) is 0. The van der Waals surface area contributed by atoms with Crippen molar-refractivity contribution in [2.45, 2.75) is 12.8 Å². The molecule has 0 saturated carbocycles. The van der Waals surface area contributed by atoms with E-state index in [2.05, 4.69) is 22.1 Å². The third kappa shape index (κ3) is 2.43. The number of H-pyrrole nitrogens is 1. The van der Waals surface area contributed by atoms with Crippen LogP contribution in [0.2, 0.25) is 0 Å². The van der Waals surface area contributed by atoms with Crippen LogP contribution in [0.25, 0.3) is 17.1 Å². The Morgan fingerprint density at radius 1 is 1.33 bits per heavy atom. The number of nitrogens with zero attached hydrogens (tertiary/aromatic N) is 1. The second-order valence-electron chi connectivity index (χ2n) is 4.62. The van der Waals surface area contributed by atoms with Gasteiger partial charge in [0.25, 0.3) is 0 Å². The zero-order valence-electron chi connectivity index (χ0n) is 10.0. The number of nitrogens with one attached hydrogen (secondary N) is 1. The molecule has 3 nitrogen and oxygen atoms in total. The Hall–Kier alpha value is -1.68. The minimum atomic E-state index is -0.304. The molecular formula is C14H15FN2O. The third-order valence-corrected chi connectivity index (χ3v) is 3.27. The van der Waals surface area contributed by atoms with Gasteiger partial charge in [-0.1, -0.05) is 6.08 Å². The summed E-state index contributed by atoms with van der Waals surface area (Å²) in [6.45, 7) is 1.68. The maximum atomic E-state index is 13.0. The van der Waals surface area contributed by atoms with E-state index in [1.54, 1.807) is 0 Å². The lowest BCUT2D eigenvalue weighted by Gasteiger charge is -2.18. The summed E-state index contributed by atoms with van der Waals surface area (Å²) in [5.41, 5.74) is 1.69. The molecule has 0 aromatic carbocycles. The zero-order valence-corrected chi connectivity index (χ0v) is 10.0. The van der Waals surface area contributed by atoms with Gasteiger partial charge in [-0.3, -0.25) is 0 Å². The first-order chi connectivity index (χ1) is 8.81. The van der Waals surface area contributed by atoms with Crippen LogP contribution in [0, 0.1) is 11.7 Å². The second-order valence-corrected chi connectivity index (χ2v) is 4.62. The van der Waals surface area contributed by atoms with Gasteiger partial charge in [-0.15, -0.1) is 0 Å². The summed E-state index contributed by atoms with van der Waals surface area (Å²) in [6.07, 6.45) is 7.62. The maximum Gasteiger partial charge on any atom is 0.142 e. The highest BCUT2D eigenvalue weighted by atomic mass is 19.1. The fraction of sp³-hybridized carbons (Fsp3) is 0.357. The van der Waals surface area contributed by atoms with Gasteiger partial charge in [-0.05, 0) is 37.0 Å². The van der Waals surface area contributed by atoms with E-state index in [-0.39, 0.29) is 5.82 Å². The molecule has 0 unspecified atom stereocenters. The molecule has 0 atom stereocenters. The number of hydrogen-bond donors (Lipinski definition) is 1. The molecule has 94 valence electrons. The van der Waals surface area contributed by atoms with Crippen LogP contribution >= 0.6 is 0 Å². The molecule has 1 saturated heterocycles. The van der Waals surface area contributed by atoms with Crippen molar-refractivity contribution < 1.29 is 9.13 Å². The first kappa shape index (κ1) is 11.4. The van der Waals surface area contributed by atoms with E-state index >= 15 is 0 Å². The monoisotopic (exact) mass is 246 g/mol. The van der Waals surface area contributed by atoms with Gasteiger partial charge in [0.2, 0.25) is 0 Å². The van der Waals surface area contributed by atoms with Crippen molar-refractivity contribution in [3.05, 3.63) is 35.9 Å². The number of aromatic amines is 1. The maximum absolute atomic E-state index is 13.0. The molecule has 0 radical (unpaired) electrons. The van der Waals surface area contributed by atoms with E-state index in [0.29, 0.717) is 5.92 Å². The third-order valence-electron chi connectivity index (χ3n) is 3.27. The summed E-state index contributed by atoms with van der Waals surface area (Å²) < 4.78 is 18.3. The van der Waals surface area contributed by atoms with Gasteiger partial charge < -0.3 is 9.72 Å². The fourth-order valence-corrected chi connectivity index (χ4v) is 2.25. The topological polar surface area (TPSA) is 37.9 Å². The molecular weight excluding hydrogens is 231 g/mol. The molecule has 3 rings (SSSR count). The quantitative estimate of drug-likeness (QED) is 0.884. The van der Waals surface area contributed by atoms with Crippen molar-refractivity contribution in [1.82, 2.24) is 9.97 Å². The van der Waals surface area contributed by atoms with Gasteiger partial charge >= 0.3 is 0 Å². The minimum absolute atomic E-state index is 0.304. The Morgan fingerprint density at radius 3 is 3.00 bits per heavy atom. The average molecular weight is 246 g/mol. The van der Waals surface area contributed by atoms with E-state index in [4.69, 9.17) is 4.74 Å². The molecule has 1 fully saturated rings. The normalized spacial score (nSPS) is 17.8. The summed E-state index contributed by atoms with van der Waals surface area (Å²) in [5.74, 6) is 0.274. The molecule has 0 spiro atoms. The van der Waals surface area contributed by atoms with Crippen molar-refractivity contribution in [2.75, 3.05) is 13.2 Å². The van der Waals surface area contributed by atoms with E-state index in [1.807, 2.05) is 6.07 Å². The number of pyridine rings is 1. The SMILES string of the molecule is Fc1cnc2[nH]c(C=CC3CCOCC3)cc2c1. The number of aromatic nitrogens is 2. The van der Waals surface area contributed by atoms with Gasteiger partial charge in [-0.2, -0.15) is 0 Å². The molecule has 0 aliphatic carbocycles. The van der Waals surface area contributed by atoms with Crippen LogP contribution in [0.3, 0.4) is 0 Å². The number of halogens is 1. The van der Waals surface area contributed by atoms with Crippen LogP contribution in [0.15, 0.2) is 24.4 Å². The fourth-order valence-electron chi connectivity index (χ4n) is 2.25. The summed E-state index contributed by atoms with van der Waals surface area (Å²) in [6, 6.07) is 3.41. The largest absolute Gasteiger partial charge is 0.381 e. The lowest BCUT2D eigenvalue weighted by Crippen LogP contribution is -2.13.